The summed E-state index contributed by atoms with van der Waals surface area (Å²) in [6.45, 7) is 2.08. The highest BCUT2D eigenvalue weighted by Gasteiger charge is 2.35. The fraction of sp³-hybridized carbons (Fsp3) is 0.296. The Hall–Kier alpha value is -3.36. The standard InChI is InChI=1S/C27H28N2O5S/c1-35(32,33)22-9-5-19(6-10-22)15-29-16-23-20-3-2-4-21(14-20)34-26-13-18(7-11-25(26)30)8-12-27(31)28-24(23)17-29/h2-7,9-11,13-14,23-24,30H,8,12,15-17H2,1H3,(H,28,31)/t23-,24+/m0/s1. The molecule has 0 radical (unpaired) electrons. The summed E-state index contributed by atoms with van der Waals surface area (Å²) in [6.07, 6.45) is 2.10. The molecule has 5 rings (SSSR count). The van der Waals surface area contributed by atoms with Gasteiger partial charge in [-0.1, -0.05) is 30.3 Å². The number of hydrogen-bond donors (Lipinski definition) is 2. The number of sulfone groups is 1. The van der Waals surface area contributed by atoms with E-state index in [-0.39, 0.29) is 23.6 Å². The highest BCUT2D eigenvalue weighted by molar-refractivity contribution is 7.90. The number of hydrogen-bond acceptors (Lipinski definition) is 6. The third kappa shape index (κ3) is 5.33. The van der Waals surface area contributed by atoms with Gasteiger partial charge in [0.05, 0.1) is 4.90 Å². The van der Waals surface area contributed by atoms with Crippen molar-refractivity contribution in [2.24, 2.45) is 0 Å². The Morgan fingerprint density at radius 1 is 1.03 bits per heavy atom. The minimum atomic E-state index is -3.23. The van der Waals surface area contributed by atoms with Crippen LogP contribution in [0.25, 0.3) is 0 Å². The number of carbonyl (C=O) groups is 1. The number of benzene rings is 3. The van der Waals surface area contributed by atoms with Crippen molar-refractivity contribution in [3.05, 3.63) is 83.4 Å². The molecule has 2 atom stereocenters. The van der Waals surface area contributed by atoms with Crippen LogP contribution in [0.2, 0.25) is 0 Å². The molecular formula is C27H28N2O5S. The van der Waals surface area contributed by atoms with Gasteiger partial charge in [-0.2, -0.15) is 0 Å². The number of likely N-dealkylation sites (tertiary alicyclic amines) is 1. The topological polar surface area (TPSA) is 95.9 Å². The van der Waals surface area contributed by atoms with Crippen LogP contribution in [0.15, 0.2) is 71.6 Å². The number of amides is 1. The Morgan fingerprint density at radius 3 is 2.60 bits per heavy atom. The van der Waals surface area contributed by atoms with Crippen molar-refractivity contribution in [3.63, 3.8) is 0 Å². The van der Waals surface area contributed by atoms with E-state index >= 15 is 0 Å². The molecule has 8 heteroatoms. The molecule has 182 valence electrons. The molecule has 7 nitrogen and oxygen atoms in total. The molecule has 3 aromatic rings. The number of nitrogens with zero attached hydrogens (tertiary/aromatic N) is 1. The Labute approximate surface area is 205 Å². The quantitative estimate of drug-likeness (QED) is 0.580. The normalized spacial score (nSPS) is 20.5. The van der Waals surface area contributed by atoms with Crippen molar-refractivity contribution in [3.8, 4) is 17.2 Å². The Balaban J connectivity index is 1.41. The molecule has 2 heterocycles. The van der Waals surface area contributed by atoms with Crippen molar-refractivity contribution in [1.29, 1.82) is 0 Å². The first-order chi connectivity index (χ1) is 16.7. The molecular weight excluding hydrogens is 464 g/mol. The second-order valence-corrected chi connectivity index (χ2v) is 11.4. The van der Waals surface area contributed by atoms with Crippen LogP contribution in [0.4, 0.5) is 0 Å². The lowest BCUT2D eigenvalue weighted by Crippen LogP contribution is -2.39. The lowest BCUT2D eigenvalue weighted by Gasteiger charge is -2.20. The minimum Gasteiger partial charge on any atom is -0.504 e. The molecule has 0 aromatic heterocycles. The number of aromatic hydroxyl groups is 1. The van der Waals surface area contributed by atoms with Gasteiger partial charge in [0.2, 0.25) is 5.91 Å². The van der Waals surface area contributed by atoms with Crippen LogP contribution in [0.3, 0.4) is 0 Å². The maximum atomic E-state index is 12.8. The molecule has 3 aromatic carbocycles. The highest BCUT2D eigenvalue weighted by Crippen LogP contribution is 2.35. The predicted octanol–water partition coefficient (Wildman–Crippen LogP) is 3.62. The minimum absolute atomic E-state index is 0.00898. The number of fused-ring (bicyclic) bond motifs is 6. The van der Waals surface area contributed by atoms with Crippen LogP contribution < -0.4 is 10.1 Å². The lowest BCUT2D eigenvalue weighted by atomic mass is 9.94. The Bertz CT molecular complexity index is 1350. The molecule has 1 saturated heterocycles. The maximum Gasteiger partial charge on any atom is 0.220 e. The number of rotatable bonds is 3. The first-order valence-corrected chi connectivity index (χ1v) is 13.5. The number of carbonyl (C=O) groups excluding carboxylic acids is 1. The van der Waals surface area contributed by atoms with E-state index in [1.54, 1.807) is 30.3 Å². The molecule has 0 unspecified atom stereocenters. The van der Waals surface area contributed by atoms with E-state index in [2.05, 4.69) is 10.2 Å². The van der Waals surface area contributed by atoms with Gasteiger partial charge in [-0.05, 0) is 59.5 Å². The first-order valence-electron chi connectivity index (χ1n) is 11.6. The molecule has 4 bridgehead atoms. The van der Waals surface area contributed by atoms with E-state index in [0.29, 0.717) is 42.3 Å². The number of nitrogens with one attached hydrogen (secondary N) is 1. The van der Waals surface area contributed by atoms with Crippen LogP contribution in [-0.4, -0.2) is 49.7 Å². The fourth-order valence-electron chi connectivity index (χ4n) is 4.87. The van der Waals surface area contributed by atoms with Gasteiger partial charge < -0.3 is 15.2 Å². The number of phenols is 1. The van der Waals surface area contributed by atoms with Gasteiger partial charge in [0.1, 0.15) is 5.75 Å². The molecule has 2 aliphatic rings. The summed E-state index contributed by atoms with van der Waals surface area (Å²) in [6, 6.07) is 19.9. The molecule has 2 N–H and O–H groups in total. The lowest BCUT2D eigenvalue weighted by molar-refractivity contribution is -0.121. The zero-order valence-corrected chi connectivity index (χ0v) is 20.3. The molecule has 0 aliphatic carbocycles. The molecule has 1 fully saturated rings. The average molecular weight is 493 g/mol. The smallest absolute Gasteiger partial charge is 0.220 e. The largest absolute Gasteiger partial charge is 0.504 e. The van der Waals surface area contributed by atoms with Crippen LogP contribution in [0.1, 0.15) is 29.0 Å². The second-order valence-electron chi connectivity index (χ2n) is 9.37. The van der Waals surface area contributed by atoms with Gasteiger partial charge in [0, 0.05) is 44.3 Å². The van der Waals surface area contributed by atoms with Crippen molar-refractivity contribution in [2.75, 3.05) is 19.3 Å². The summed E-state index contributed by atoms with van der Waals surface area (Å²) in [5, 5.41) is 13.5. The van der Waals surface area contributed by atoms with Crippen LogP contribution >= 0.6 is 0 Å². The molecule has 1 amide bonds. The Morgan fingerprint density at radius 2 is 1.83 bits per heavy atom. The van der Waals surface area contributed by atoms with E-state index in [4.69, 9.17) is 4.74 Å². The van der Waals surface area contributed by atoms with Crippen LogP contribution in [-0.2, 0) is 27.6 Å². The van der Waals surface area contributed by atoms with Crippen LogP contribution in [0.5, 0.6) is 17.2 Å². The molecule has 0 saturated carbocycles. The summed E-state index contributed by atoms with van der Waals surface area (Å²) < 4.78 is 29.5. The number of ether oxygens (including phenoxy) is 1. The van der Waals surface area contributed by atoms with Crippen molar-refractivity contribution >= 4 is 15.7 Å². The van der Waals surface area contributed by atoms with Gasteiger partial charge in [0.25, 0.3) is 0 Å². The molecule has 35 heavy (non-hydrogen) atoms. The summed E-state index contributed by atoms with van der Waals surface area (Å²) in [4.78, 5) is 15.4. The van der Waals surface area contributed by atoms with E-state index in [1.807, 2.05) is 36.4 Å². The van der Waals surface area contributed by atoms with Gasteiger partial charge in [-0.25, -0.2) is 8.42 Å². The zero-order chi connectivity index (χ0) is 24.6. The third-order valence-electron chi connectivity index (χ3n) is 6.68. The first kappa shape index (κ1) is 23.4. The SMILES string of the molecule is CS(=O)(=O)c1ccc(CN2C[C@H]3NC(=O)CCc4ccc(O)c(c4)Oc4cccc(c4)[C@@H]3C2)cc1. The van der Waals surface area contributed by atoms with E-state index in [9.17, 15) is 18.3 Å². The van der Waals surface area contributed by atoms with Crippen LogP contribution in [0, 0.1) is 0 Å². The summed E-state index contributed by atoms with van der Waals surface area (Å²) >= 11 is 0. The number of phenolic OH excluding ortho intramolecular Hbond substituents is 1. The van der Waals surface area contributed by atoms with E-state index in [0.717, 1.165) is 23.2 Å². The van der Waals surface area contributed by atoms with Crippen molar-refractivity contribution in [2.45, 2.75) is 36.2 Å². The number of aryl methyl sites for hydroxylation is 1. The van der Waals surface area contributed by atoms with Gasteiger partial charge in [-0.3, -0.25) is 9.69 Å². The van der Waals surface area contributed by atoms with E-state index in [1.165, 1.54) is 6.26 Å². The van der Waals surface area contributed by atoms with Gasteiger partial charge >= 0.3 is 0 Å². The monoisotopic (exact) mass is 492 g/mol. The summed E-state index contributed by atoms with van der Waals surface area (Å²) in [5.74, 6) is 1.13. The fourth-order valence-corrected chi connectivity index (χ4v) is 5.50. The summed E-state index contributed by atoms with van der Waals surface area (Å²) in [5.41, 5.74) is 2.99. The van der Waals surface area contributed by atoms with Gasteiger partial charge in [-0.15, -0.1) is 0 Å². The molecule has 2 aliphatic heterocycles. The average Bonchev–Trinajstić information content (AvgIpc) is 3.21. The Kier molecular flexibility index (Phi) is 6.25. The van der Waals surface area contributed by atoms with Crippen molar-refractivity contribution < 1.29 is 23.1 Å². The third-order valence-corrected chi connectivity index (χ3v) is 7.81. The maximum absolute atomic E-state index is 12.8. The highest BCUT2D eigenvalue weighted by atomic mass is 32.2. The van der Waals surface area contributed by atoms with E-state index < -0.39 is 9.84 Å². The second kappa shape index (κ2) is 9.36. The van der Waals surface area contributed by atoms with Gasteiger partial charge in [0.15, 0.2) is 21.3 Å². The predicted molar refractivity (Wildman–Crippen MR) is 132 cm³/mol. The summed E-state index contributed by atoms with van der Waals surface area (Å²) in [7, 11) is -3.23. The van der Waals surface area contributed by atoms with Crippen molar-refractivity contribution in [1.82, 2.24) is 10.2 Å². The zero-order valence-electron chi connectivity index (χ0n) is 19.5. The molecule has 0 spiro atoms.